The van der Waals surface area contributed by atoms with Crippen molar-refractivity contribution in [2.45, 2.75) is 19.9 Å². The van der Waals surface area contributed by atoms with Crippen LogP contribution in [0.25, 0.3) is 10.8 Å². The van der Waals surface area contributed by atoms with E-state index in [0.717, 1.165) is 6.07 Å². The van der Waals surface area contributed by atoms with Crippen LogP contribution < -0.4 is 16.4 Å². The van der Waals surface area contributed by atoms with E-state index in [-0.39, 0.29) is 22.5 Å². The van der Waals surface area contributed by atoms with Gasteiger partial charge in [0.25, 0.3) is 23.1 Å². The molecule has 0 aliphatic rings. The van der Waals surface area contributed by atoms with Gasteiger partial charge in [0.15, 0.2) is 5.69 Å². The minimum atomic E-state index is -0.728. The molecule has 0 radical (unpaired) electrons. The van der Waals surface area contributed by atoms with Crippen molar-refractivity contribution < 1.29 is 14.5 Å². The molecule has 3 aromatic rings. The molecule has 0 aliphatic heterocycles. The molecule has 1 heterocycles. The smallest absolute Gasteiger partial charge is 0.267 e. The molecule has 3 rings (SSSR count). The van der Waals surface area contributed by atoms with Crippen LogP contribution in [0.2, 0.25) is 0 Å². The summed E-state index contributed by atoms with van der Waals surface area (Å²) in [6.45, 7) is 2.21. The Morgan fingerprint density at radius 2 is 1.76 bits per heavy atom. The molecule has 0 aliphatic carbocycles. The molecular formula is C19H17N5O5. The van der Waals surface area contributed by atoms with Crippen molar-refractivity contribution in [1.29, 1.82) is 0 Å². The summed E-state index contributed by atoms with van der Waals surface area (Å²) < 4.78 is 1.21. The van der Waals surface area contributed by atoms with Crippen LogP contribution in [0, 0.1) is 10.1 Å². The zero-order chi connectivity index (χ0) is 21.0. The molecule has 1 aromatic heterocycles. The summed E-state index contributed by atoms with van der Waals surface area (Å²) in [5.41, 5.74) is 3.88. The number of rotatable bonds is 5. The first-order chi connectivity index (χ1) is 13.9. The van der Waals surface area contributed by atoms with E-state index in [9.17, 15) is 24.5 Å². The van der Waals surface area contributed by atoms with Gasteiger partial charge in [0, 0.05) is 29.6 Å². The molecule has 0 atom stereocenters. The maximum atomic E-state index is 12.6. The lowest BCUT2D eigenvalue weighted by molar-refractivity contribution is -0.384. The summed E-state index contributed by atoms with van der Waals surface area (Å²) in [5.74, 6) is -1.45. The molecule has 0 saturated carbocycles. The Kier molecular flexibility index (Phi) is 5.63. The summed E-state index contributed by atoms with van der Waals surface area (Å²) in [6.07, 6.45) is 0.649. The number of nitro groups is 1. The van der Waals surface area contributed by atoms with E-state index in [1.807, 2.05) is 6.92 Å². The van der Waals surface area contributed by atoms with Crippen molar-refractivity contribution in [3.63, 3.8) is 0 Å². The van der Waals surface area contributed by atoms with Crippen LogP contribution in [-0.4, -0.2) is 26.5 Å². The second-order valence-corrected chi connectivity index (χ2v) is 6.14. The number of hydrazine groups is 1. The van der Waals surface area contributed by atoms with Gasteiger partial charge in [0.05, 0.1) is 10.3 Å². The highest BCUT2D eigenvalue weighted by molar-refractivity contribution is 6.06. The lowest BCUT2D eigenvalue weighted by atomic mass is 10.1. The fourth-order valence-corrected chi connectivity index (χ4v) is 2.77. The quantitative estimate of drug-likeness (QED) is 0.499. The van der Waals surface area contributed by atoms with Crippen LogP contribution in [0.15, 0.2) is 53.3 Å². The predicted octanol–water partition coefficient (Wildman–Crippen LogP) is 1.79. The zero-order valence-electron chi connectivity index (χ0n) is 15.4. The second-order valence-electron chi connectivity index (χ2n) is 6.14. The Bertz CT molecular complexity index is 1170. The van der Waals surface area contributed by atoms with Gasteiger partial charge in [-0.15, -0.1) is 0 Å². The number of carbonyl (C=O) groups is 2. The van der Waals surface area contributed by atoms with Crippen molar-refractivity contribution in [3.8, 4) is 0 Å². The molecule has 2 N–H and O–H groups in total. The topological polar surface area (TPSA) is 136 Å². The number of aryl methyl sites for hydroxylation is 1. The Labute approximate surface area is 164 Å². The van der Waals surface area contributed by atoms with Crippen LogP contribution in [0.5, 0.6) is 0 Å². The molecule has 0 bridgehead atoms. The Morgan fingerprint density at radius 3 is 2.45 bits per heavy atom. The van der Waals surface area contributed by atoms with E-state index in [1.165, 1.54) is 22.9 Å². The summed E-state index contributed by atoms with van der Waals surface area (Å²) in [5, 5.41) is 15.7. The fourth-order valence-electron chi connectivity index (χ4n) is 2.77. The van der Waals surface area contributed by atoms with E-state index >= 15 is 0 Å². The number of aromatic nitrogens is 2. The van der Waals surface area contributed by atoms with Crippen molar-refractivity contribution in [1.82, 2.24) is 20.6 Å². The average molecular weight is 395 g/mol. The molecule has 0 unspecified atom stereocenters. The first-order valence-electron chi connectivity index (χ1n) is 8.77. The molecular weight excluding hydrogens is 378 g/mol. The standard InChI is InChI=1S/C19H17N5O5/c1-2-10-23-19(27)15-9-4-3-8-14(15)16(22-23)18(26)21-20-17(25)12-6-5-7-13(11-12)24(28)29/h3-9,11H,2,10H2,1H3,(H,20,25)(H,21,26). The number of hydrogen-bond donors (Lipinski definition) is 2. The molecule has 0 fully saturated rings. The summed E-state index contributed by atoms with van der Waals surface area (Å²) >= 11 is 0. The van der Waals surface area contributed by atoms with E-state index in [2.05, 4.69) is 16.0 Å². The third-order valence-corrected chi connectivity index (χ3v) is 4.13. The van der Waals surface area contributed by atoms with Crippen molar-refractivity contribution >= 4 is 28.3 Å². The number of fused-ring (bicyclic) bond motifs is 1. The lowest BCUT2D eigenvalue weighted by Crippen LogP contribution is -2.42. The van der Waals surface area contributed by atoms with Gasteiger partial charge in [0.2, 0.25) is 0 Å². The van der Waals surface area contributed by atoms with Crippen LogP contribution in [-0.2, 0) is 6.54 Å². The maximum Gasteiger partial charge on any atom is 0.290 e. The fraction of sp³-hybridized carbons (Fsp3) is 0.158. The Hall–Kier alpha value is -4.08. The summed E-state index contributed by atoms with van der Waals surface area (Å²) in [6, 6.07) is 11.6. The number of nitrogens with one attached hydrogen (secondary N) is 2. The van der Waals surface area contributed by atoms with Gasteiger partial charge < -0.3 is 0 Å². The highest BCUT2D eigenvalue weighted by atomic mass is 16.6. The minimum Gasteiger partial charge on any atom is -0.267 e. The van der Waals surface area contributed by atoms with Gasteiger partial charge in [-0.3, -0.25) is 35.3 Å². The third kappa shape index (κ3) is 4.10. The number of hydrogen-bond acceptors (Lipinski definition) is 6. The van der Waals surface area contributed by atoms with Crippen LogP contribution in [0.3, 0.4) is 0 Å². The second kappa shape index (κ2) is 8.30. The van der Waals surface area contributed by atoms with Gasteiger partial charge in [-0.1, -0.05) is 31.2 Å². The third-order valence-electron chi connectivity index (χ3n) is 4.13. The highest BCUT2D eigenvalue weighted by Gasteiger charge is 2.18. The van der Waals surface area contributed by atoms with E-state index in [1.54, 1.807) is 24.3 Å². The number of amides is 2. The molecule has 2 aromatic carbocycles. The Balaban J connectivity index is 1.86. The van der Waals surface area contributed by atoms with Crippen molar-refractivity contribution in [3.05, 3.63) is 80.3 Å². The highest BCUT2D eigenvalue weighted by Crippen LogP contribution is 2.14. The molecule has 29 heavy (non-hydrogen) atoms. The van der Waals surface area contributed by atoms with Crippen molar-refractivity contribution in [2.75, 3.05) is 0 Å². The van der Waals surface area contributed by atoms with E-state index < -0.39 is 16.7 Å². The zero-order valence-corrected chi connectivity index (χ0v) is 15.4. The molecule has 2 amide bonds. The number of carbonyl (C=O) groups excluding carboxylic acids is 2. The number of nitrogens with zero attached hydrogens (tertiary/aromatic N) is 3. The normalized spacial score (nSPS) is 10.5. The van der Waals surface area contributed by atoms with Gasteiger partial charge in [-0.05, 0) is 18.6 Å². The number of nitro benzene ring substituents is 1. The van der Waals surface area contributed by atoms with E-state index in [0.29, 0.717) is 23.7 Å². The van der Waals surface area contributed by atoms with Gasteiger partial charge >= 0.3 is 0 Å². The van der Waals surface area contributed by atoms with Crippen LogP contribution in [0.1, 0.15) is 34.2 Å². The average Bonchev–Trinajstić information content (AvgIpc) is 2.74. The monoisotopic (exact) mass is 395 g/mol. The van der Waals surface area contributed by atoms with E-state index in [4.69, 9.17) is 0 Å². The Morgan fingerprint density at radius 1 is 1.07 bits per heavy atom. The van der Waals surface area contributed by atoms with Gasteiger partial charge in [-0.2, -0.15) is 5.10 Å². The minimum absolute atomic E-state index is 0.00766. The maximum absolute atomic E-state index is 12.6. The molecule has 10 heteroatoms. The van der Waals surface area contributed by atoms with Crippen LogP contribution in [0.4, 0.5) is 5.69 Å². The lowest BCUT2D eigenvalue weighted by Gasteiger charge is -2.11. The first kappa shape index (κ1) is 19.7. The predicted molar refractivity (Wildman–Crippen MR) is 104 cm³/mol. The van der Waals surface area contributed by atoms with Gasteiger partial charge in [-0.25, -0.2) is 4.68 Å². The molecule has 0 spiro atoms. The molecule has 10 nitrogen and oxygen atoms in total. The van der Waals surface area contributed by atoms with Crippen molar-refractivity contribution in [2.24, 2.45) is 0 Å². The summed E-state index contributed by atoms with van der Waals surface area (Å²) in [7, 11) is 0. The molecule has 148 valence electrons. The summed E-state index contributed by atoms with van der Waals surface area (Å²) in [4.78, 5) is 47.5. The largest absolute Gasteiger partial charge is 0.290 e. The SMILES string of the molecule is CCCn1nc(C(=O)NNC(=O)c2cccc([N+](=O)[O-])c2)c2ccccc2c1=O. The molecule has 0 saturated heterocycles. The van der Waals surface area contributed by atoms with Gasteiger partial charge in [0.1, 0.15) is 0 Å². The number of benzene rings is 2. The first-order valence-corrected chi connectivity index (χ1v) is 8.77. The number of non-ortho nitro benzene ring substituents is 1. The van der Waals surface area contributed by atoms with Crippen LogP contribution >= 0.6 is 0 Å².